The Bertz CT molecular complexity index is 512. The Morgan fingerprint density at radius 3 is 3.10 bits per heavy atom. The third kappa shape index (κ3) is 2.94. The standard InChI is InChI=1S/C15H21N3OS/c16-14(20)12-7-11-4-1-5-13(11)18-15(12)17-8-10-3-2-6-19-9-10/h7,10H,1-6,8-9H2,(H2,16,20)(H,17,18). The number of rotatable bonds is 4. The van der Waals surface area contributed by atoms with Crippen molar-refractivity contribution in [3.05, 3.63) is 22.9 Å². The number of ether oxygens (including phenoxy) is 1. The number of nitrogens with two attached hydrogens (primary N) is 1. The number of nitrogens with zero attached hydrogens (tertiary/aromatic N) is 1. The molecule has 0 bridgehead atoms. The van der Waals surface area contributed by atoms with E-state index in [1.807, 2.05) is 0 Å². The Balaban J connectivity index is 1.75. The van der Waals surface area contributed by atoms with Gasteiger partial charge in [0.05, 0.1) is 12.2 Å². The highest BCUT2D eigenvalue weighted by Gasteiger charge is 2.19. The zero-order valence-corrected chi connectivity index (χ0v) is 12.5. The van der Waals surface area contributed by atoms with Crippen LogP contribution in [0.5, 0.6) is 0 Å². The first-order valence-electron chi connectivity index (χ1n) is 7.38. The molecule has 3 rings (SSSR count). The van der Waals surface area contributed by atoms with Gasteiger partial charge in [-0.2, -0.15) is 0 Å². The molecule has 1 aliphatic carbocycles. The van der Waals surface area contributed by atoms with Crippen molar-refractivity contribution in [2.45, 2.75) is 32.1 Å². The van der Waals surface area contributed by atoms with Gasteiger partial charge < -0.3 is 15.8 Å². The van der Waals surface area contributed by atoms with E-state index in [1.165, 1.54) is 24.1 Å². The lowest BCUT2D eigenvalue weighted by Gasteiger charge is -2.23. The van der Waals surface area contributed by atoms with Crippen molar-refractivity contribution >= 4 is 23.0 Å². The summed E-state index contributed by atoms with van der Waals surface area (Å²) < 4.78 is 5.51. The van der Waals surface area contributed by atoms with Gasteiger partial charge in [0.25, 0.3) is 0 Å². The normalized spacial score (nSPS) is 21.5. The molecule has 1 aliphatic heterocycles. The van der Waals surface area contributed by atoms with Crippen LogP contribution in [0.2, 0.25) is 0 Å². The monoisotopic (exact) mass is 291 g/mol. The second kappa shape index (κ2) is 6.06. The summed E-state index contributed by atoms with van der Waals surface area (Å²) in [7, 11) is 0. The predicted octanol–water partition coefficient (Wildman–Crippen LogP) is 2.04. The van der Waals surface area contributed by atoms with Crippen LogP contribution in [0.1, 0.15) is 36.1 Å². The highest BCUT2D eigenvalue weighted by Crippen LogP contribution is 2.26. The molecule has 108 valence electrons. The molecular formula is C15H21N3OS. The van der Waals surface area contributed by atoms with Crippen molar-refractivity contribution in [1.29, 1.82) is 0 Å². The molecule has 0 amide bonds. The lowest BCUT2D eigenvalue weighted by Crippen LogP contribution is -2.26. The predicted molar refractivity (Wildman–Crippen MR) is 84.2 cm³/mol. The number of nitrogens with one attached hydrogen (secondary N) is 1. The number of aromatic nitrogens is 1. The van der Waals surface area contributed by atoms with Crippen LogP contribution in [0, 0.1) is 5.92 Å². The quantitative estimate of drug-likeness (QED) is 0.831. The van der Waals surface area contributed by atoms with Gasteiger partial charge in [-0.25, -0.2) is 4.98 Å². The smallest absolute Gasteiger partial charge is 0.136 e. The van der Waals surface area contributed by atoms with Crippen molar-refractivity contribution in [2.75, 3.05) is 25.1 Å². The average molecular weight is 291 g/mol. The van der Waals surface area contributed by atoms with E-state index in [9.17, 15) is 0 Å². The zero-order valence-electron chi connectivity index (χ0n) is 11.7. The largest absolute Gasteiger partial charge is 0.389 e. The third-order valence-corrected chi connectivity index (χ3v) is 4.35. The van der Waals surface area contributed by atoms with Crippen LogP contribution in [0.3, 0.4) is 0 Å². The van der Waals surface area contributed by atoms with Gasteiger partial charge in [0.2, 0.25) is 0 Å². The summed E-state index contributed by atoms with van der Waals surface area (Å²) in [6, 6.07) is 2.12. The number of fused-ring (bicyclic) bond motifs is 1. The minimum Gasteiger partial charge on any atom is -0.389 e. The number of anilines is 1. The summed E-state index contributed by atoms with van der Waals surface area (Å²) in [6.45, 7) is 2.60. The van der Waals surface area contributed by atoms with Crippen molar-refractivity contribution in [3.63, 3.8) is 0 Å². The van der Waals surface area contributed by atoms with E-state index in [4.69, 9.17) is 27.7 Å². The molecule has 4 nitrogen and oxygen atoms in total. The molecule has 1 unspecified atom stereocenters. The van der Waals surface area contributed by atoms with Gasteiger partial charge >= 0.3 is 0 Å². The van der Waals surface area contributed by atoms with E-state index in [2.05, 4.69) is 11.4 Å². The van der Waals surface area contributed by atoms with Gasteiger partial charge in [-0.3, -0.25) is 0 Å². The molecule has 2 aliphatic rings. The van der Waals surface area contributed by atoms with Crippen molar-refractivity contribution in [2.24, 2.45) is 11.7 Å². The number of aryl methyl sites for hydroxylation is 2. The molecule has 3 N–H and O–H groups in total. The molecule has 1 aromatic heterocycles. The fourth-order valence-corrected chi connectivity index (χ4v) is 3.16. The lowest BCUT2D eigenvalue weighted by molar-refractivity contribution is 0.0595. The van der Waals surface area contributed by atoms with Gasteiger partial charge in [0, 0.05) is 18.8 Å². The molecule has 1 fully saturated rings. The molecular weight excluding hydrogens is 270 g/mol. The van der Waals surface area contributed by atoms with E-state index in [-0.39, 0.29) is 0 Å². The molecule has 0 aromatic carbocycles. The van der Waals surface area contributed by atoms with Gasteiger partial charge in [-0.1, -0.05) is 12.2 Å². The number of thiocarbonyl (C=S) groups is 1. The first-order valence-corrected chi connectivity index (χ1v) is 7.79. The summed E-state index contributed by atoms with van der Waals surface area (Å²) in [5.74, 6) is 1.40. The molecule has 20 heavy (non-hydrogen) atoms. The van der Waals surface area contributed by atoms with E-state index in [1.54, 1.807) is 0 Å². The van der Waals surface area contributed by atoms with Crippen LogP contribution >= 0.6 is 12.2 Å². The molecule has 0 spiro atoms. The first kappa shape index (κ1) is 13.8. The van der Waals surface area contributed by atoms with Gasteiger partial charge in [0.15, 0.2) is 0 Å². The maximum Gasteiger partial charge on any atom is 0.136 e. The SMILES string of the molecule is NC(=S)c1cc2c(nc1NCC1CCCOC1)CCC2. The minimum absolute atomic E-state index is 0.426. The lowest BCUT2D eigenvalue weighted by atomic mass is 10.0. The highest BCUT2D eigenvalue weighted by atomic mass is 32.1. The molecule has 2 heterocycles. The van der Waals surface area contributed by atoms with Crippen LogP contribution in [0.25, 0.3) is 0 Å². The van der Waals surface area contributed by atoms with Crippen molar-refractivity contribution in [3.8, 4) is 0 Å². The van der Waals surface area contributed by atoms with Crippen molar-refractivity contribution in [1.82, 2.24) is 4.98 Å². The zero-order chi connectivity index (χ0) is 13.9. The topological polar surface area (TPSA) is 60.2 Å². The third-order valence-electron chi connectivity index (χ3n) is 4.13. The summed E-state index contributed by atoms with van der Waals surface area (Å²) in [6.07, 6.45) is 5.69. The van der Waals surface area contributed by atoms with Crippen LogP contribution in [-0.2, 0) is 17.6 Å². The van der Waals surface area contributed by atoms with Gasteiger partial charge in [-0.05, 0) is 49.7 Å². The fourth-order valence-electron chi connectivity index (χ4n) is 3.00. The second-order valence-corrected chi connectivity index (χ2v) is 6.11. The summed E-state index contributed by atoms with van der Waals surface area (Å²) in [5, 5.41) is 3.44. The van der Waals surface area contributed by atoms with E-state index < -0.39 is 0 Å². The highest BCUT2D eigenvalue weighted by molar-refractivity contribution is 7.80. The summed E-state index contributed by atoms with van der Waals surface area (Å²) in [5.41, 5.74) is 9.24. The molecule has 1 aromatic rings. The first-order chi connectivity index (χ1) is 9.74. The molecule has 0 radical (unpaired) electrons. The average Bonchev–Trinajstić information content (AvgIpc) is 2.92. The Morgan fingerprint density at radius 2 is 2.35 bits per heavy atom. The van der Waals surface area contributed by atoms with E-state index in [0.717, 1.165) is 50.4 Å². The summed E-state index contributed by atoms with van der Waals surface area (Å²) >= 11 is 5.16. The Kier molecular flexibility index (Phi) is 4.17. The molecule has 5 heteroatoms. The maximum absolute atomic E-state index is 5.84. The van der Waals surface area contributed by atoms with Crippen LogP contribution in [0.4, 0.5) is 5.82 Å². The second-order valence-electron chi connectivity index (χ2n) is 5.67. The molecule has 1 atom stereocenters. The van der Waals surface area contributed by atoms with Gasteiger partial charge in [0.1, 0.15) is 10.8 Å². The Labute approximate surface area is 125 Å². The maximum atomic E-state index is 5.84. The fraction of sp³-hybridized carbons (Fsp3) is 0.600. The summed E-state index contributed by atoms with van der Waals surface area (Å²) in [4.78, 5) is 5.16. The van der Waals surface area contributed by atoms with Crippen LogP contribution in [-0.4, -0.2) is 29.7 Å². The molecule has 0 saturated carbocycles. The van der Waals surface area contributed by atoms with Gasteiger partial charge in [-0.15, -0.1) is 0 Å². The minimum atomic E-state index is 0.426. The van der Waals surface area contributed by atoms with Crippen LogP contribution < -0.4 is 11.1 Å². The number of pyridine rings is 1. The van der Waals surface area contributed by atoms with Crippen LogP contribution in [0.15, 0.2) is 6.07 Å². The number of hydrogen-bond acceptors (Lipinski definition) is 4. The van der Waals surface area contributed by atoms with Crippen molar-refractivity contribution < 1.29 is 4.74 Å². The Morgan fingerprint density at radius 1 is 1.45 bits per heavy atom. The number of hydrogen-bond donors (Lipinski definition) is 2. The Hall–Kier alpha value is -1.20. The van der Waals surface area contributed by atoms with E-state index >= 15 is 0 Å². The van der Waals surface area contributed by atoms with E-state index in [0.29, 0.717) is 10.9 Å². The molecule has 1 saturated heterocycles.